The Morgan fingerprint density at radius 2 is 2.05 bits per heavy atom. The SMILES string of the molecule is C#CCNC(=NC)NC(C)CCC1CCCCC1.I. The van der Waals surface area contributed by atoms with Crippen LogP contribution in [0, 0.1) is 18.3 Å². The van der Waals surface area contributed by atoms with Crippen LogP contribution >= 0.6 is 24.0 Å². The van der Waals surface area contributed by atoms with E-state index in [9.17, 15) is 0 Å². The summed E-state index contributed by atoms with van der Waals surface area (Å²) in [7, 11) is 1.78. The number of hydrogen-bond donors (Lipinski definition) is 2. The van der Waals surface area contributed by atoms with Gasteiger partial charge in [0.2, 0.25) is 0 Å². The summed E-state index contributed by atoms with van der Waals surface area (Å²) in [6.45, 7) is 2.74. The first-order chi connectivity index (χ1) is 8.76. The summed E-state index contributed by atoms with van der Waals surface area (Å²) in [4.78, 5) is 4.16. The number of halogens is 1. The van der Waals surface area contributed by atoms with E-state index in [0.29, 0.717) is 12.6 Å². The zero-order chi connectivity index (χ0) is 13.2. The van der Waals surface area contributed by atoms with E-state index in [2.05, 4.69) is 28.5 Å². The number of hydrogen-bond acceptors (Lipinski definition) is 1. The van der Waals surface area contributed by atoms with Gasteiger partial charge in [0, 0.05) is 13.1 Å². The normalized spacial score (nSPS) is 18.1. The lowest BCUT2D eigenvalue weighted by atomic mass is 9.85. The van der Waals surface area contributed by atoms with Gasteiger partial charge in [-0.2, -0.15) is 0 Å². The van der Waals surface area contributed by atoms with Gasteiger partial charge in [0.1, 0.15) is 0 Å². The van der Waals surface area contributed by atoms with E-state index in [1.165, 1.54) is 44.9 Å². The molecule has 1 rings (SSSR count). The number of guanidine groups is 1. The second kappa shape index (κ2) is 11.4. The molecule has 19 heavy (non-hydrogen) atoms. The number of nitrogens with one attached hydrogen (secondary N) is 2. The van der Waals surface area contributed by atoms with E-state index in [0.717, 1.165) is 11.9 Å². The third-order valence-corrected chi connectivity index (χ3v) is 3.70. The summed E-state index contributed by atoms with van der Waals surface area (Å²) in [5.74, 6) is 4.31. The summed E-state index contributed by atoms with van der Waals surface area (Å²) < 4.78 is 0. The van der Waals surface area contributed by atoms with Gasteiger partial charge in [0.25, 0.3) is 0 Å². The van der Waals surface area contributed by atoms with Gasteiger partial charge in [-0.3, -0.25) is 4.99 Å². The fraction of sp³-hybridized carbons (Fsp3) is 0.800. The van der Waals surface area contributed by atoms with Crippen LogP contribution in [0.5, 0.6) is 0 Å². The highest BCUT2D eigenvalue weighted by molar-refractivity contribution is 14.0. The fourth-order valence-electron chi connectivity index (χ4n) is 2.60. The molecule has 0 saturated heterocycles. The molecule has 1 unspecified atom stereocenters. The lowest BCUT2D eigenvalue weighted by Gasteiger charge is -2.24. The predicted octanol–water partition coefficient (Wildman–Crippen LogP) is 3.15. The van der Waals surface area contributed by atoms with Crippen LogP contribution in [0.2, 0.25) is 0 Å². The van der Waals surface area contributed by atoms with Crippen LogP contribution in [-0.4, -0.2) is 25.6 Å². The largest absolute Gasteiger partial charge is 0.354 e. The molecule has 0 aliphatic heterocycles. The quantitative estimate of drug-likeness (QED) is 0.334. The van der Waals surface area contributed by atoms with Gasteiger partial charge < -0.3 is 10.6 Å². The summed E-state index contributed by atoms with van der Waals surface area (Å²) in [5.41, 5.74) is 0. The van der Waals surface area contributed by atoms with Crippen molar-refractivity contribution < 1.29 is 0 Å². The van der Waals surface area contributed by atoms with Crippen molar-refractivity contribution in [1.29, 1.82) is 0 Å². The highest BCUT2D eigenvalue weighted by Crippen LogP contribution is 2.27. The third-order valence-electron chi connectivity index (χ3n) is 3.70. The minimum Gasteiger partial charge on any atom is -0.354 e. The Kier molecular flexibility index (Phi) is 11.1. The molecule has 0 heterocycles. The van der Waals surface area contributed by atoms with Crippen LogP contribution in [0.25, 0.3) is 0 Å². The van der Waals surface area contributed by atoms with Crippen LogP contribution in [0.1, 0.15) is 51.9 Å². The molecule has 0 spiro atoms. The predicted molar refractivity (Wildman–Crippen MR) is 94.0 cm³/mol. The maximum Gasteiger partial charge on any atom is 0.191 e. The molecule has 0 amide bonds. The minimum atomic E-state index is 0. The van der Waals surface area contributed by atoms with Gasteiger partial charge in [-0.25, -0.2) is 0 Å². The molecule has 1 fully saturated rings. The molecule has 2 N–H and O–H groups in total. The van der Waals surface area contributed by atoms with Crippen LogP contribution in [0.3, 0.4) is 0 Å². The van der Waals surface area contributed by atoms with Gasteiger partial charge >= 0.3 is 0 Å². The van der Waals surface area contributed by atoms with Crippen molar-refractivity contribution in [1.82, 2.24) is 10.6 Å². The van der Waals surface area contributed by atoms with Crippen LogP contribution < -0.4 is 10.6 Å². The standard InChI is InChI=1S/C15H27N3.HI/c1-4-12-17-15(16-3)18-13(2)10-11-14-8-6-5-7-9-14;/h1,13-14H,5-12H2,2-3H3,(H2,16,17,18);1H. The number of aliphatic imine (C=N–C) groups is 1. The molecule has 1 aliphatic rings. The van der Waals surface area contributed by atoms with Crippen LogP contribution in [0.4, 0.5) is 0 Å². The zero-order valence-electron chi connectivity index (χ0n) is 12.2. The molecule has 0 aromatic rings. The maximum atomic E-state index is 5.22. The van der Waals surface area contributed by atoms with Gasteiger partial charge in [0.15, 0.2) is 5.96 Å². The molecule has 0 aromatic heterocycles. The van der Waals surface area contributed by atoms with E-state index in [1.54, 1.807) is 7.05 Å². The highest BCUT2D eigenvalue weighted by atomic mass is 127. The monoisotopic (exact) mass is 377 g/mol. The molecular formula is C15H28IN3. The Bertz CT molecular complexity index is 290. The second-order valence-corrected chi connectivity index (χ2v) is 5.26. The molecular weight excluding hydrogens is 349 g/mol. The van der Waals surface area contributed by atoms with E-state index in [1.807, 2.05) is 0 Å². The summed E-state index contributed by atoms with van der Waals surface area (Å²) in [5, 5.41) is 6.48. The van der Waals surface area contributed by atoms with Gasteiger partial charge in [-0.15, -0.1) is 30.4 Å². The summed E-state index contributed by atoms with van der Waals surface area (Å²) >= 11 is 0. The lowest BCUT2D eigenvalue weighted by molar-refractivity contribution is 0.322. The first kappa shape index (κ1) is 18.6. The van der Waals surface area contributed by atoms with Crippen molar-refractivity contribution in [2.24, 2.45) is 10.9 Å². The fourth-order valence-corrected chi connectivity index (χ4v) is 2.60. The van der Waals surface area contributed by atoms with Crippen molar-refractivity contribution >= 4 is 29.9 Å². The van der Waals surface area contributed by atoms with Crippen molar-refractivity contribution in [2.75, 3.05) is 13.6 Å². The molecule has 1 atom stereocenters. The van der Waals surface area contributed by atoms with E-state index in [4.69, 9.17) is 6.42 Å². The zero-order valence-corrected chi connectivity index (χ0v) is 14.6. The molecule has 110 valence electrons. The highest BCUT2D eigenvalue weighted by Gasteiger charge is 2.14. The summed E-state index contributed by atoms with van der Waals surface area (Å²) in [6.07, 6.45) is 14.9. The Morgan fingerprint density at radius 3 is 2.63 bits per heavy atom. The number of terminal acetylenes is 1. The molecule has 1 aliphatic carbocycles. The Balaban J connectivity index is 0.00000324. The van der Waals surface area contributed by atoms with E-state index >= 15 is 0 Å². The number of rotatable bonds is 5. The number of nitrogens with zero attached hydrogens (tertiary/aromatic N) is 1. The van der Waals surface area contributed by atoms with Crippen molar-refractivity contribution in [3.05, 3.63) is 0 Å². The third kappa shape index (κ3) is 8.35. The van der Waals surface area contributed by atoms with Crippen molar-refractivity contribution in [2.45, 2.75) is 57.9 Å². The maximum absolute atomic E-state index is 5.22. The lowest BCUT2D eigenvalue weighted by Crippen LogP contribution is -2.42. The molecule has 4 heteroatoms. The second-order valence-electron chi connectivity index (χ2n) is 5.26. The van der Waals surface area contributed by atoms with E-state index in [-0.39, 0.29) is 24.0 Å². The average Bonchev–Trinajstić information content (AvgIpc) is 2.42. The molecule has 1 saturated carbocycles. The van der Waals surface area contributed by atoms with Crippen LogP contribution in [-0.2, 0) is 0 Å². The Hall–Kier alpha value is -0.440. The van der Waals surface area contributed by atoms with Crippen LogP contribution in [0.15, 0.2) is 4.99 Å². The Morgan fingerprint density at radius 1 is 1.37 bits per heavy atom. The minimum absolute atomic E-state index is 0. The molecule has 0 aromatic carbocycles. The van der Waals surface area contributed by atoms with Gasteiger partial charge in [-0.1, -0.05) is 38.0 Å². The van der Waals surface area contributed by atoms with Crippen molar-refractivity contribution in [3.8, 4) is 12.3 Å². The topological polar surface area (TPSA) is 36.4 Å². The van der Waals surface area contributed by atoms with E-state index < -0.39 is 0 Å². The molecule has 0 bridgehead atoms. The first-order valence-electron chi connectivity index (χ1n) is 7.17. The summed E-state index contributed by atoms with van der Waals surface area (Å²) in [6, 6.07) is 0.455. The smallest absolute Gasteiger partial charge is 0.191 e. The average molecular weight is 377 g/mol. The Labute approximate surface area is 135 Å². The van der Waals surface area contributed by atoms with Crippen molar-refractivity contribution in [3.63, 3.8) is 0 Å². The van der Waals surface area contributed by atoms with Gasteiger partial charge in [0.05, 0.1) is 6.54 Å². The molecule has 0 radical (unpaired) electrons. The first-order valence-corrected chi connectivity index (χ1v) is 7.17. The van der Waals surface area contributed by atoms with Gasteiger partial charge in [-0.05, 0) is 25.7 Å². The molecule has 3 nitrogen and oxygen atoms in total.